The van der Waals surface area contributed by atoms with Crippen molar-refractivity contribution in [3.05, 3.63) is 77.4 Å². The molecule has 0 bridgehead atoms. The van der Waals surface area contributed by atoms with Gasteiger partial charge in [-0.3, -0.25) is 9.36 Å². The van der Waals surface area contributed by atoms with Gasteiger partial charge < -0.3 is 15.8 Å². The molecule has 2 aromatic heterocycles. The molecule has 0 saturated heterocycles. The van der Waals surface area contributed by atoms with Crippen molar-refractivity contribution in [2.75, 3.05) is 12.4 Å². The summed E-state index contributed by atoms with van der Waals surface area (Å²) in [5.41, 5.74) is 8.34. The molecule has 0 spiro atoms. The monoisotopic (exact) mass is 405 g/mol. The number of ether oxygens (including phenoxy) is 1. The average molecular weight is 405 g/mol. The van der Waals surface area contributed by atoms with Crippen LogP contribution in [0.25, 0.3) is 16.9 Å². The molecule has 0 atom stereocenters. The predicted molar refractivity (Wildman–Crippen MR) is 112 cm³/mol. The molecule has 0 aliphatic heterocycles. The summed E-state index contributed by atoms with van der Waals surface area (Å²) in [6, 6.07) is 13.5. The first kappa shape index (κ1) is 19.4. The van der Waals surface area contributed by atoms with E-state index in [9.17, 15) is 9.18 Å². The van der Waals surface area contributed by atoms with Crippen LogP contribution in [-0.4, -0.2) is 27.6 Å². The molecule has 1 amide bonds. The number of fused-ring (bicyclic) bond motifs is 1. The molecular formula is C22H20FN5O2. The van der Waals surface area contributed by atoms with Crippen LogP contribution in [0, 0.1) is 12.7 Å². The number of halogens is 1. The van der Waals surface area contributed by atoms with Gasteiger partial charge in [0.1, 0.15) is 5.82 Å². The van der Waals surface area contributed by atoms with E-state index in [1.165, 1.54) is 19.2 Å². The van der Waals surface area contributed by atoms with Crippen LogP contribution < -0.4 is 15.8 Å². The Morgan fingerprint density at radius 2 is 2.03 bits per heavy atom. The molecule has 152 valence electrons. The molecular weight excluding hydrogens is 385 g/mol. The molecule has 7 nitrogen and oxygen atoms in total. The summed E-state index contributed by atoms with van der Waals surface area (Å²) >= 11 is 0. The number of rotatable bonds is 6. The lowest BCUT2D eigenvalue weighted by Gasteiger charge is -2.13. The molecule has 2 aromatic carbocycles. The van der Waals surface area contributed by atoms with Gasteiger partial charge in [-0.1, -0.05) is 18.2 Å². The molecule has 2 heterocycles. The largest absolute Gasteiger partial charge is 0.491 e. The zero-order valence-electron chi connectivity index (χ0n) is 16.5. The van der Waals surface area contributed by atoms with Crippen LogP contribution in [0.2, 0.25) is 0 Å². The number of nitrogens with zero attached hydrogens (tertiary/aromatic N) is 3. The minimum absolute atomic E-state index is 0.302. The molecule has 4 aromatic rings. The summed E-state index contributed by atoms with van der Waals surface area (Å²) in [5, 5.41) is 3.91. The maximum Gasteiger partial charge on any atom is 0.249 e. The molecule has 0 fully saturated rings. The fraction of sp³-hybridized carbons (Fsp3) is 0.136. The summed E-state index contributed by atoms with van der Waals surface area (Å²) in [4.78, 5) is 20.8. The number of anilines is 1. The van der Waals surface area contributed by atoms with Crippen LogP contribution in [0.5, 0.6) is 5.75 Å². The SMILES string of the molecule is COc1cnc(-n2c(C)cc3c(C(N)=O)cccc32)nc1NCc1cccc(F)c1. The number of nitrogens with one attached hydrogen (secondary N) is 1. The Labute approximate surface area is 172 Å². The highest BCUT2D eigenvalue weighted by Crippen LogP contribution is 2.28. The van der Waals surface area contributed by atoms with Crippen molar-refractivity contribution in [1.82, 2.24) is 14.5 Å². The van der Waals surface area contributed by atoms with Gasteiger partial charge in [0.25, 0.3) is 0 Å². The van der Waals surface area contributed by atoms with Gasteiger partial charge in [0, 0.05) is 23.2 Å². The van der Waals surface area contributed by atoms with E-state index < -0.39 is 5.91 Å². The third kappa shape index (κ3) is 3.55. The normalized spacial score (nSPS) is 10.9. The van der Waals surface area contributed by atoms with E-state index >= 15 is 0 Å². The fourth-order valence-corrected chi connectivity index (χ4v) is 3.42. The number of benzene rings is 2. The first-order chi connectivity index (χ1) is 14.5. The molecule has 30 heavy (non-hydrogen) atoms. The van der Waals surface area contributed by atoms with Crippen LogP contribution >= 0.6 is 0 Å². The number of carbonyl (C=O) groups is 1. The maximum atomic E-state index is 13.5. The smallest absolute Gasteiger partial charge is 0.249 e. The van der Waals surface area contributed by atoms with Crippen molar-refractivity contribution >= 4 is 22.6 Å². The zero-order chi connectivity index (χ0) is 21.3. The number of nitrogens with two attached hydrogens (primary N) is 1. The number of carbonyl (C=O) groups excluding carboxylic acids is 1. The van der Waals surface area contributed by atoms with Crippen LogP contribution in [0.3, 0.4) is 0 Å². The number of methoxy groups -OCH3 is 1. The Morgan fingerprint density at radius 1 is 1.23 bits per heavy atom. The Morgan fingerprint density at radius 3 is 2.77 bits per heavy atom. The molecule has 0 radical (unpaired) electrons. The summed E-state index contributed by atoms with van der Waals surface area (Å²) in [6.45, 7) is 2.26. The Balaban J connectivity index is 1.75. The highest BCUT2D eigenvalue weighted by atomic mass is 19.1. The highest BCUT2D eigenvalue weighted by molar-refractivity contribution is 6.06. The van der Waals surface area contributed by atoms with Crippen LogP contribution in [-0.2, 0) is 6.54 Å². The molecule has 0 aliphatic rings. The summed E-state index contributed by atoms with van der Waals surface area (Å²) in [5.74, 6) is 0.544. The second kappa shape index (κ2) is 7.82. The summed E-state index contributed by atoms with van der Waals surface area (Å²) in [6.07, 6.45) is 1.57. The van der Waals surface area contributed by atoms with E-state index in [0.29, 0.717) is 29.6 Å². The molecule has 0 unspecified atom stereocenters. The van der Waals surface area contributed by atoms with Gasteiger partial charge in [0.05, 0.1) is 18.8 Å². The third-order valence-corrected chi connectivity index (χ3v) is 4.81. The van der Waals surface area contributed by atoms with Crippen molar-refractivity contribution in [1.29, 1.82) is 0 Å². The average Bonchev–Trinajstić information content (AvgIpc) is 3.07. The van der Waals surface area contributed by atoms with Gasteiger partial charge in [0.2, 0.25) is 11.9 Å². The zero-order valence-corrected chi connectivity index (χ0v) is 16.5. The van der Waals surface area contributed by atoms with E-state index in [0.717, 1.165) is 22.2 Å². The van der Waals surface area contributed by atoms with E-state index in [2.05, 4.69) is 15.3 Å². The lowest BCUT2D eigenvalue weighted by atomic mass is 10.1. The molecule has 0 saturated carbocycles. The molecule has 3 N–H and O–H groups in total. The van der Waals surface area contributed by atoms with Crippen LogP contribution in [0.1, 0.15) is 21.6 Å². The van der Waals surface area contributed by atoms with E-state index in [1.54, 1.807) is 24.4 Å². The predicted octanol–water partition coefficient (Wildman–Crippen LogP) is 3.59. The topological polar surface area (TPSA) is 95.1 Å². The van der Waals surface area contributed by atoms with Crippen molar-refractivity contribution in [2.24, 2.45) is 5.73 Å². The Bertz CT molecular complexity index is 1250. The summed E-state index contributed by atoms with van der Waals surface area (Å²) < 4.78 is 20.7. The van der Waals surface area contributed by atoms with Crippen molar-refractivity contribution in [2.45, 2.75) is 13.5 Å². The highest BCUT2D eigenvalue weighted by Gasteiger charge is 2.16. The number of aromatic nitrogens is 3. The molecule has 8 heteroatoms. The second-order valence-electron chi connectivity index (χ2n) is 6.79. The first-order valence-corrected chi connectivity index (χ1v) is 9.28. The van der Waals surface area contributed by atoms with E-state index in [1.807, 2.05) is 29.7 Å². The molecule has 0 aliphatic carbocycles. The number of primary amides is 1. The van der Waals surface area contributed by atoms with Gasteiger partial charge in [-0.25, -0.2) is 9.37 Å². The third-order valence-electron chi connectivity index (χ3n) is 4.81. The van der Waals surface area contributed by atoms with Crippen molar-refractivity contribution in [3.8, 4) is 11.7 Å². The van der Waals surface area contributed by atoms with Gasteiger partial charge >= 0.3 is 0 Å². The minimum atomic E-state index is -0.495. The lowest BCUT2D eigenvalue weighted by molar-refractivity contribution is 0.100. The Kier molecular flexibility index (Phi) is 5.05. The van der Waals surface area contributed by atoms with Crippen molar-refractivity contribution < 1.29 is 13.9 Å². The second-order valence-corrected chi connectivity index (χ2v) is 6.79. The van der Waals surface area contributed by atoms with E-state index in [4.69, 9.17) is 10.5 Å². The van der Waals surface area contributed by atoms with Crippen LogP contribution in [0.15, 0.2) is 54.7 Å². The number of hydrogen-bond acceptors (Lipinski definition) is 5. The Hall–Kier alpha value is -3.94. The maximum absolute atomic E-state index is 13.5. The van der Waals surface area contributed by atoms with Gasteiger partial charge in [-0.2, -0.15) is 4.98 Å². The van der Waals surface area contributed by atoms with Gasteiger partial charge in [0.15, 0.2) is 11.6 Å². The molecule has 4 rings (SSSR count). The van der Waals surface area contributed by atoms with Crippen LogP contribution in [0.4, 0.5) is 10.2 Å². The van der Waals surface area contributed by atoms with Gasteiger partial charge in [-0.15, -0.1) is 0 Å². The lowest BCUT2D eigenvalue weighted by Crippen LogP contribution is -2.11. The number of aryl methyl sites for hydroxylation is 1. The number of hydrogen-bond donors (Lipinski definition) is 2. The fourth-order valence-electron chi connectivity index (χ4n) is 3.42. The summed E-state index contributed by atoms with van der Waals surface area (Å²) in [7, 11) is 1.53. The van der Waals surface area contributed by atoms with Gasteiger partial charge in [-0.05, 0) is 42.8 Å². The van der Waals surface area contributed by atoms with E-state index in [-0.39, 0.29) is 5.82 Å². The quantitative estimate of drug-likeness (QED) is 0.511. The standard InChI is InChI=1S/C22H20FN5O2/c1-13-9-17-16(20(24)29)7-4-8-18(17)28(13)22-26-12-19(30-2)21(27-22)25-11-14-5-3-6-15(23)10-14/h3-10,12H,11H2,1-2H3,(H2,24,29)(H,25,26,27). The first-order valence-electron chi connectivity index (χ1n) is 9.28. The minimum Gasteiger partial charge on any atom is -0.491 e. The van der Waals surface area contributed by atoms with Crippen molar-refractivity contribution in [3.63, 3.8) is 0 Å². The number of amides is 1.